The summed E-state index contributed by atoms with van der Waals surface area (Å²) in [5, 5.41) is 3.22. The van der Waals surface area contributed by atoms with E-state index in [1.165, 1.54) is 0 Å². The SMILES string of the molecule is CNCC1CCN(CC(=O)NNc2ccccn2)CC1. The topological polar surface area (TPSA) is 69.3 Å². The quantitative estimate of drug-likeness (QED) is 0.659. The van der Waals surface area contributed by atoms with Gasteiger partial charge in [-0.25, -0.2) is 4.98 Å². The number of rotatable bonds is 6. The summed E-state index contributed by atoms with van der Waals surface area (Å²) in [5.41, 5.74) is 5.49. The molecule has 2 rings (SSSR count). The van der Waals surface area contributed by atoms with Crippen molar-refractivity contribution in [3.05, 3.63) is 24.4 Å². The van der Waals surface area contributed by atoms with Crippen molar-refractivity contribution in [2.75, 3.05) is 38.7 Å². The van der Waals surface area contributed by atoms with E-state index in [0.717, 1.165) is 38.4 Å². The Hall–Kier alpha value is -1.66. The fourth-order valence-corrected chi connectivity index (χ4v) is 2.45. The molecule has 6 nitrogen and oxygen atoms in total. The molecular formula is C14H23N5O. The van der Waals surface area contributed by atoms with Gasteiger partial charge in [0, 0.05) is 6.20 Å². The molecule has 1 saturated heterocycles. The van der Waals surface area contributed by atoms with Gasteiger partial charge >= 0.3 is 0 Å². The molecule has 1 aromatic rings. The van der Waals surface area contributed by atoms with Gasteiger partial charge in [-0.15, -0.1) is 0 Å². The summed E-state index contributed by atoms with van der Waals surface area (Å²) in [6.07, 6.45) is 3.99. The number of piperidine rings is 1. The first-order valence-corrected chi connectivity index (χ1v) is 7.11. The molecule has 6 heteroatoms. The lowest BCUT2D eigenvalue weighted by molar-refractivity contribution is -0.122. The van der Waals surface area contributed by atoms with Crippen molar-refractivity contribution in [2.24, 2.45) is 5.92 Å². The van der Waals surface area contributed by atoms with E-state index in [-0.39, 0.29) is 5.91 Å². The first-order chi connectivity index (χ1) is 9.78. The number of carbonyl (C=O) groups excluding carboxylic acids is 1. The van der Waals surface area contributed by atoms with E-state index in [9.17, 15) is 4.79 Å². The molecule has 0 spiro atoms. The van der Waals surface area contributed by atoms with Crippen LogP contribution in [0.25, 0.3) is 0 Å². The first-order valence-electron chi connectivity index (χ1n) is 7.11. The molecule has 1 amide bonds. The highest BCUT2D eigenvalue weighted by Gasteiger charge is 2.20. The third-order valence-electron chi connectivity index (χ3n) is 3.56. The number of carbonyl (C=O) groups is 1. The summed E-state index contributed by atoms with van der Waals surface area (Å²) in [4.78, 5) is 18.1. The van der Waals surface area contributed by atoms with Gasteiger partial charge in [-0.3, -0.25) is 20.5 Å². The van der Waals surface area contributed by atoms with Gasteiger partial charge in [0.05, 0.1) is 6.54 Å². The van der Waals surface area contributed by atoms with Gasteiger partial charge in [-0.1, -0.05) is 6.07 Å². The number of hydrazine groups is 1. The number of hydrogen-bond acceptors (Lipinski definition) is 5. The molecule has 110 valence electrons. The lowest BCUT2D eigenvalue weighted by Gasteiger charge is -2.31. The third kappa shape index (κ3) is 4.79. The molecule has 0 aromatic carbocycles. The molecule has 2 heterocycles. The van der Waals surface area contributed by atoms with Gasteiger partial charge in [-0.2, -0.15) is 0 Å². The van der Waals surface area contributed by atoms with Crippen molar-refractivity contribution in [1.82, 2.24) is 20.6 Å². The molecule has 0 bridgehead atoms. The van der Waals surface area contributed by atoms with E-state index in [1.807, 2.05) is 25.2 Å². The van der Waals surface area contributed by atoms with Crippen LogP contribution in [0.5, 0.6) is 0 Å². The Bertz CT molecular complexity index is 403. The van der Waals surface area contributed by atoms with Crippen molar-refractivity contribution in [2.45, 2.75) is 12.8 Å². The van der Waals surface area contributed by atoms with Crippen molar-refractivity contribution < 1.29 is 4.79 Å². The van der Waals surface area contributed by atoms with Crippen LogP contribution < -0.4 is 16.2 Å². The van der Waals surface area contributed by atoms with Crippen molar-refractivity contribution in [1.29, 1.82) is 0 Å². The minimum Gasteiger partial charge on any atom is -0.319 e. The summed E-state index contributed by atoms with van der Waals surface area (Å²) in [5.74, 6) is 1.36. The lowest BCUT2D eigenvalue weighted by atomic mass is 9.97. The smallest absolute Gasteiger partial charge is 0.252 e. The van der Waals surface area contributed by atoms with E-state index in [1.54, 1.807) is 6.20 Å². The second-order valence-electron chi connectivity index (χ2n) is 5.17. The van der Waals surface area contributed by atoms with Crippen LogP contribution in [0.4, 0.5) is 5.82 Å². The standard InChI is InChI=1S/C14H23N5O/c1-15-10-12-5-8-19(9-6-12)11-14(20)18-17-13-4-2-3-7-16-13/h2-4,7,12,15H,5-6,8-11H2,1H3,(H,16,17)(H,18,20). The highest BCUT2D eigenvalue weighted by Crippen LogP contribution is 2.15. The molecule has 1 aromatic heterocycles. The Morgan fingerprint density at radius 2 is 2.20 bits per heavy atom. The van der Waals surface area contributed by atoms with Gasteiger partial charge in [0.15, 0.2) is 0 Å². The molecular weight excluding hydrogens is 254 g/mol. The van der Waals surface area contributed by atoms with Crippen LogP contribution in [-0.2, 0) is 4.79 Å². The zero-order valence-corrected chi connectivity index (χ0v) is 11.9. The lowest BCUT2D eigenvalue weighted by Crippen LogP contribution is -2.44. The number of nitrogens with zero attached hydrogens (tertiary/aromatic N) is 2. The largest absolute Gasteiger partial charge is 0.319 e. The molecule has 1 aliphatic heterocycles. The number of pyridine rings is 1. The Morgan fingerprint density at radius 3 is 2.85 bits per heavy atom. The predicted molar refractivity (Wildman–Crippen MR) is 79.1 cm³/mol. The van der Waals surface area contributed by atoms with E-state index in [2.05, 4.69) is 26.1 Å². The van der Waals surface area contributed by atoms with Crippen molar-refractivity contribution >= 4 is 11.7 Å². The Morgan fingerprint density at radius 1 is 1.40 bits per heavy atom. The normalized spacial score (nSPS) is 16.9. The number of aromatic nitrogens is 1. The maximum absolute atomic E-state index is 11.8. The number of hydrogen-bond donors (Lipinski definition) is 3. The van der Waals surface area contributed by atoms with Crippen LogP contribution in [0.2, 0.25) is 0 Å². The second kappa shape index (κ2) is 7.81. The van der Waals surface area contributed by atoms with Crippen molar-refractivity contribution in [3.63, 3.8) is 0 Å². The maximum Gasteiger partial charge on any atom is 0.252 e. The van der Waals surface area contributed by atoms with Crippen LogP contribution in [0, 0.1) is 5.92 Å². The fourth-order valence-electron chi connectivity index (χ4n) is 2.45. The fraction of sp³-hybridized carbons (Fsp3) is 0.571. The molecule has 0 unspecified atom stereocenters. The van der Waals surface area contributed by atoms with Gasteiger partial charge in [-0.05, 0) is 57.6 Å². The van der Waals surface area contributed by atoms with Crippen LogP contribution in [0.15, 0.2) is 24.4 Å². The second-order valence-corrected chi connectivity index (χ2v) is 5.17. The van der Waals surface area contributed by atoms with Crippen molar-refractivity contribution in [3.8, 4) is 0 Å². The number of anilines is 1. The van der Waals surface area contributed by atoms with Gasteiger partial charge in [0.2, 0.25) is 0 Å². The van der Waals surface area contributed by atoms with Gasteiger partial charge in [0.25, 0.3) is 5.91 Å². The molecule has 1 aliphatic rings. The van der Waals surface area contributed by atoms with E-state index in [0.29, 0.717) is 12.4 Å². The molecule has 0 radical (unpaired) electrons. The predicted octanol–water partition coefficient (Wildman–Crippen LogP) is 0.456. The van der Waals surface area contributed by atoms with Crippen LogP contribution in [-0.4, -0.2) is 49.0 Å². The van der Waals surface area contributed by atoms with E-state index < -0.39 is 0 Å². The molecule has 0 aliphatic carbocycles. The minimum absolute atomic E-state index is 0.0253. The minimum atomic E-state index is -0.0253. The summed E-state index contributed by atoms with van der Waals surface area (Å²) >= 11 is 0. The third-order valence-corrected chi connectivity index (χ3v) is 3.56. The summed E-state index contributed by atoms with van der Waals surface area (Å²) in [7, 11) is 1.99. The van der Waals surface area contributed by atoms with Crippen LogP contribution >= 0.6 is 0 Å². The molecule has 20 heavy (non-hydrogen) atoms. The van der Waals surface area contributed by atoms with Gasteiger partial charge < -0.3 is 5.32 Å². The van der Waals surface area contributed by atoms with Crippen LogP contribution in [0.1, 0.15) is 12.8 Å². The van der Waals surface area contributed by atoms with Crippen LogP contribution in [0.3, 0.4) is 0 Å². The zero-order valence-electron chi connectivity index (χ0n) is 11.9. The van der Waals surface area contributed by atoms with Gasteiger partial charge in [0.1, 0.15) is 5.82 Å². The Kier molecular flexibility index (Phi) is 5.76. The zero-order chi connectivity index (χ0) is 14.2. The number of amides is 1. The maximum atomic E-state index is 11.8. The molecule has 1 fully saturated rings. The molecule has 3 N–H and O–H groups in total. The summed E-state index contributed by atoms with van der Waals surface area (Å²) < 4.78 is 0. The summed E-state index contributed by atoms with van der Waals surface area (Å²) in [6.45, 7) is 3.49. The average Bonchev–Trinajstić information content (AvgIpc) is 2.49. The highest BCUT2D eigenvalue weighted by atomic mass is 16.2. The molecule has 0 saturated carbocycles. The first kappa shape index (κ1) is 14.7. The number of nitrogens with one attached hydrogen (secondary N) is 3. The Labute approximate surface area is 119 Å². The average molecular weight is 277 g/mol. The van der Waals surface area contributed by atoms with E-state index in [4.69, 9.17) is 0 Å². The van der Waals surface area contributed by atoms with E-state index >= 15 is 0 Å². The highest BCUT2D eigenvalue weighted by molar-refractivity contribution is 5.79. The summed E-state index contributed by atoms with van der Waals surface area (Å²) in [6, 6.07) is 5.51. The Balaban J connectivity index is 1.65. The monoisotopic (exact) mass is 277 g/mol. The number of likely N-dealkylation sites (tertiary alicyclic amines) is 1. The molecule has 0 atom stereocenters.